The molecule has 198 valence electrons. The van der Waals surface area contributed by atoms with Gasteiger partial charge in [-0.1, -0.05) is 115 Å². The first-order chi connectivity index (χ1) is 20.8. The third-order valence-corrected chi connectivity index (χ3v) is 9.23. The van der Waals surface area contributed by atoms with E-state index in [9.17, 15) is 0 Å². The van der Waals surface area contributed by atoms with E-state index in [-0.39, 0.29) is 0 Å². The second-order valence-electron chi connectivity index (χ2n) is 10.7. The summed E-state index contributed by atoms with van der Waals surface area (Å²) in [6.07, 6.45) is 0. The summed E-state index contributed by atoms with van der Waals surface area (Å²) in [5.74, 6) is 0. The van der Waals surface area contributed by atoms with Gasteiger partial charge in [0.05, 0.1) is 0 Å². The van der Waals surface area contributed by atoms with Crippen molar-refractivity contribution in [1.82, 2.24) is 0 Å². The average molecular weight is 554 g/mol. The van der Waals surface area contributed by atoms with E-state index in [0.29, 0.717) is 0 Å². The fourth-order valence-electron chi connectivity index (χ4n) is 5.96. The van der Waals surface area contributed by atoms with Gasteiger partial charge >= 0.3 is 0 Å². The minimum Gasteiger partial charge on any atom is -0.355 e. The lowest BCUT2D eigenvalue weighted by Crippen LogP contribution is -1.94. The van der Waals surface area contributed by atoms with Crippen molar-refractivity contribution in [2.75, 3.05) is 5.32 Å². The minimum atomic E-state index is 1.06. The molecule has 0 aliphatic carbocycles. The molecule has 1 nitrogen and oxygen atoms in total. The van der Waals surface area contributed by atoms with E-state index in [1.54, 1.807) is 0 Å². The zero-order valence-electron chi connectivity index (χ0n) is 22.9. The van der Waals surface area contributed by atoms with Crippen LogP contribution in [0, 0.1) is 0 Å². The molecule has 0 spiro atoms. The summed E-state index contributed by atoms with van der Waals surface area (Å²) in [4.78, 5) is 0. The van der Waals surface area contributed by atoms with Crippen molar-refractivity contribution in [1.29, 1.82) is 0 Å². The number of thiophene rings is 1. The summed E-state index contributed by atoms with van der Waals surface area (Å²) >= 11 is 1.86. The summed E-state index contributed by atoms with van der Waals surface area (Å²) in [6, 6.07) is 56.8. The number of nitrogens with one attached hydrogen (secondary N) is 1. The van der Waals surface area contributed by atoms with Crippen molar-refractivity contribution in [2.45, 2.75) is 0 Å². The second kappa shape index (κ2) is 10.3. The quantitative estimate of drug-likeness (QED) is 0.223. The highest BCUT2D eigenvalue weighted by Gasteiger charge is 2.11. The molecule has 7 aromatic carbocycles. The van der Waals surface area contributed by atoms with Crippen LogP contribution in [-0.2, 0) is 0 Å². The first-order valence-corrected chi connectivity index (χ1v) is 15.1. The van der Waals surface area contributed by atoms with Gasteiger partial charge in [-0.3, -0.25) is 0 Å². The number of hydrogen-bond acceptors (Lipinski definition) is 2. The molecule has 0 amide bonds. The molecule has 8 aromatic rings. The third-order valence-electron chi connectivity index (χ3n) is 8.08. The van der Waals surface area contributed by atoms with Crippen LogP contribution in [0.5, 0.6) is 0 Å². The smallest absolute Gasteiger partial charge is 0.0464 e. The van der Waals surface area contributed by atoms with E-state index in [4.69, 9.17) is 0 Å². The Morgan fingerprint density at radius 1 is 0.381 bits per heavy atom. The Balaban J connectivity index is 1.17. The van der Waals surface area contributed by atoms with E-state index in [2.05, 4.69) is 163 Å². The van der Waals surface area contributed by atoms with Crippen LogP contribution in [0.1, 0.15) is 0 Å². The normalized spacial score (nSPS) is 11.3. The molecule has 1 N–H and O–H groups in total. The summed E-state index contributed by atoms with van der Waals surface area (Å²) in [6.45, 7) is 0. The molecule has 0 fully saturated rings. The molecular weight excluding hydrogens is 527 g/mol. The minimum absolute atomic E-state index is 1.06. The van der Waals surface area contributed by atoms with Crippen molar-refractivity contribution in [2.24, 2.45) is 0 Å². The van der Waals surface area contributed by atoms with E-state index >= 15 is 0 Å². The molecule has 0 bridgehead atoms. The van der Waals surface area contributed by atoms with Crippen LogP contribution in [0.25, 0.3) is 64.3 Å². The SMILES string of the molecule is c1ccc(-c2cc(-c3ccc4sc5ccccc5c4c3)ccc2Nc2ccc(-c3cccc4ccccc34)cc2)cc1. The molecule has 0 radical (unpaired) electrons. The Morgan fingerprint density at radius 2 is 1.02 bits per heavy atom. The zero-order valence-corrected chi connectivity index (χ0v) is 23.7. The van der Waals surface area contributed by atoms with E-state index in [1.165, 1.54) is 64.3 Å². The maximum absolute atomic E-state index is 3.72. The Morgan fingerprint density at radius 3 is 1.90 bits per heavy atom. The van der Waals surface area contributed by atoms with E-state index in [1.807, 2.05) is 11.3 Å². The molecule has 1 aromatic heterocycles. The number of hydrogen-bond donors (Lipinski definition) is 1. The molecule has 0 unspecified atom stereocenters. The van der Waals surface area contributed by atoms with Gasteiger partial charge in [-0.15, -0.1) is 11.3 Å². The van der Waals surface area contributed by atoms with Crippen LogP contribution in [-0.4, -0.2) is 0 Å². The van der Waals surface area contributed by atoms with Crippen LogP contribution in [0.3, 0.4) is 0 Å². The van der Waals surface area contributed by atoms with Crippen molar-refractivity contribution in [3.63, 3.8) is 0 Å². The largest absolute Gasteiger partial charge is 0.355 e. The maximum Gasteiger partial charge on any atom is 0.0464 e. The lowest BCUT2D eigenvalue weighted by atomic mass is 9.96. The molecule has 8 rings (SSSR count). The van der Waals surface area contributed by atoms with Crippen LogP contribution in [0.2, 0.25) is 0 Å². The van der Waals surface area contributed by atoms with Crippen molar-refractivity contribution in [3.8, 4) is 33.4 Å². The predicted octanol–water partition coefficient (Wildman–Crippen LogP) is 12.0. The molecular formula is C40H27NS. The first-order valence-electron chi connectivity index (χ1n) is 14.3. The standard InChI is InChI=1S/C40H27NS/c1-2-9-28(10-3-1)36-25-30(31-20-24-40-37(26-31)35-14-6-7-16-39(35)42-40)19-23-38(36)41-32-21-17-29(18-22-32)34-15-8-12-27-11-4-5-13-33(27)34/h1-26,41H. The predicted molar refractivity (Wildman–Crippen MR) is 183 cm³/mol. The second-order valence-corrected chi connectivity index (χ2v) is 11.7. The average Bonchev–Trinajstić information content (AvgIpc) is 3.43. The molecule has 0 saturated heterocycles. The number of fused-ring (bicyclic) bond motifs is 4. The third kappa shape index (κ3) is 4.43. The van der Waals surface area contributed by atoms with Crippen molar-refractivity contribution < 1.29 is 0 Å². The summed E-state index contributed by atoms with van der Waals surface area (Å²) in [7, 11) is 0. The fraction of sp³-hybridized carbons (Fsp3) is 0. The molecule has 0 aliphatic rings. The zero-order chi connectivity index (χ0) is 27.9. The van der Waals surface area contributed by atoms with Gasteiger partial charge < -0.3 is 5.32 Å². The molecule has 0 aliphatic heterocycles. The Hall–Kier alpha value is -5.18. The fourth-order valence-corrected chi connectivity index (χ4v) is 7.05. The molecule has 0 atom stereocenters. The highest BCUT2D eigenvalue weighted by Crippen LogP contribution is 2.39. The highest BCUT2D eigenvalue weighted by molar-refractivity contribution is 7.25. The van der Waals surface area contributed by atoms with Crippen molar-refractivity contribution >= 4 is 53.7 Å². The van der Waals surface area contributed by atoms with E-state index in [0.717, 1.165) is 11.4 Å². The lowest BCUT2D eigenvalue weighted by Gasteiger charge is -2.15. The van der Waals surface area contributed by atoms with E-state index < -0.39 is 0 Å². The number of benzene rings is 7. The molecule has 0 saturated carbocycles. The van der Waals surface area contributed by atoms with Gasteiger partial charge in [-0.2, -0.15) is 0 Å². The van der Waals surface area contributed by atoms with Gasteiger partial charge in [-0.05, 0) is 81.1 Å². The van der Waals surface area contributed by atoms with Crippen LogP contribution >= 0.6 is 11.3 Å². The molecule has 42 heavy (non-hydrogen) atoms. The molecule has 2 heteroatoms. The molecule has 1 heterocycles. The van der Waals surface area contributed by atoms with Gasteiger partial charge in [0, 0.05) is 37.1 Å². The highest BCUT2D eigenvalue weighted by atomic mass is 32.1. The van der Waals surface area contributed by atoms with Crippen LogP contribution < -0.4 is 5.32 Å². The van der Waals surface area contributed by atoms with Gasteiger partial charge in [0.1, 0.15) is 0 Å². The van der Waals surface area contributed by atoms with Crippen molar-refractivity contribution in [3.05, 3.63) is 158 Å². The van der Waals surface area contributed by atoms with Crippen LogP contribution in [0.4, 0.5) is 11.4 Å². The Kier molecular flexibility index (Phi) is 6.05. The maximum atomic E-state index is 3.72. The monoisotopic (exact) mass is 553 g/mol. The van der Waals surface area contributed by atoms with Gasteiger partial charge in [-0.25, -0.2) is 0 Å². The lowest BCUT2D eigenvalue weighted by molar-refractivity contribution is 1.52. The summed E-state index contributed by atoms with van der Waals surface area (Å²) in [5.41, 5.74) is 9.44. The topological polar surface area (TPSA) is 12.0 Å². The summed E-state index contributed by atoms with van der Waals surface area (Å²) < 4.78 is 2.66. The number of rotatable bonds is 5. The Bertz CT molecular complexity index is 2200. The van der Waals surface area contributed by atoms with Gasteiger partial charge in [0.2, 0.25) is 0 Å². The van der Waals surface area contributed by atoms with Crippen LogP contribution in [0.15, 0.2) is 158 Å². The Labute approximate surface area is 249 Å². The first kappa shape index (κ1) is 24.6. The van der Waals surface area contributed by atoms with Gasteiger partial charge in [0.15, 0.2) is 0 Å². The summed E-state index contributed by atoms with van der Waals surface area (Å²) in [5, 5.41) is 8.90. The van der Waals surface area contributed by atoms with Gasteiger partial charge in [0.25, 0.3) is 0 Å². The number of anilines is 2.